The molecule has 0 unspecified atom stereocenters. The van der Waals surface area contributed by atoms with Gasteiger partial charge in [0.2, 0.25) is 0 Å². The third-order valence-corrected chi connectivity index (χ3v) is 5.15. The fourth-order valence-electron chi connectivity index (χ4n) is 3.00. The third-order valence-electron chi connectivity index (χ3n) is 4.48. The smallest absolute Gasteiger partial charge is 0.256 e. The van der Waals surface area contributed by atoms with Gasteiger partial charge in [0.25, 0.3) is 5.91 Å². The average Bonchev–Trinajstić information content (AvgIpc) is 2.62. The highest BCUT2D eigenvalue weighted by molar-refractivity contribution is 14.1. The Kier molecular flexibility index (Phi) is 6.78. The Morgan fingerprint density at radius 1 is 1.18 bits per heavy atom. The van der Waals surface area contributed by atoms with Crippen molar-refractivity contribution >= 4 is 39.9 Å². The van der Waals surface area contributed by atoms with Crippen LogP contribution in [0.1, 0.15) is 10.4 Å². The molecule has 9 heteroatoms. The molecule has 1 saturated heterocycles. The van der Waals surface area contributed by atoms with Gasteiger partial charge in [-0.05, 0) is 52.9 Å². The van der Waals surface area contributed by atoms with Gasteiger partial charge in [0.1, 0.15) is 5.82 Å². The topological polar surface area (TPSA) is 64.6 Å². The molecule has 3 rings (SSSR count). The molecule has 150 valence electrons. The van der Waals surface area contributed by atoms with Gasteiger partial charge in [0.05, 0.1) is 23.5 Å². The second-order valence-electron chi connectivity index (χ2n) is 6.54. The summed E-state index contributed by atoms with van der Waals surface area (Å²) in [6, 6.07) is 6.36. The van der Waals surface area contributed by atoms with Gasteiger partial charge in [-0.25, -0.2) is 13.2 Å². The molecule has 1 aliphatic rings. The molecule has 2 aromatic rings. The Labute approximate surface area is 174 Å². The maximum absolute atomic E-state index is 14.4. The number of halogens is 4. The summed E-state index contributed by atoms with van der Waals surface area (Å²) in [6.07, 6.45) is 0. The predicted octanol–water partition coefficient (Wildman–Crippen LogP) is 3.11. The van der Waals surface area contributed by atoms with Crippen molar-refractivity contribution in [3.63, 3.8) is 0 Å². The summed E-state index contributed by atoms with van der Waals surface area (Å²) >= 11 is 1.94. The molecule has 5 nitrogen and oxygen atoms in total. The number of hydrogen-bond acceptors (Lipinski definition) is 4. The van der Waals surface area contributed by atoms with Crippen LogP contribution in [0, 0.1) is 26.9 Å². The summed E-state index contributed by atoms with van der Waals surface area (Å²) in [5, 5.41) is 14.4. The third kappa shape index (κ3) is 4.58. The lowest BCUT2D eigenvalue weighted by Crippen LogP contribution is -2.53. The Morgan fingerprint density at radius 3 is 2.61 bits per heavy atom. The van der Waals surface area contributed by atoms with Gasteiger partial charge in [-0.3, -0.25) is 4.79 Å². The number of carbonyl (C=O) groups is 1. The highest BCUT2D eigenvalue weighted by atomic mass is 127. The number of carbonyl (C=O) groups excluding carboxylic acids is 1. The zero-order valence-electron chi connectivity index (χ0n) is 14.8. The molecule has 1 heterocycles. The second-order valence-corrected chi connectivity index (χ2v) is 7.78. The Hall–Kier alpha value is -1.85. The fourth-order valence-corrected chi connectivity index (χ4v) is 3.45. The lowest BCUT2D eigenvalue weighted by atomic mass is 9.98. The second kappa shape index (κ2) is 9.10. The van der Waals surface area contributed by atoms with Crippen molar-refractivity contribution in [1.82, 2.24) is 10.2 Å². The fraction of sp³-hybridized carbons (Fsp3) is 0.316. The van der Waals surface area contributed by atoms with E-state index < -0.39 is 23.4 Å². The number of rotatable bonds is 7. The molecular formula is C19H19F3IN3O2. The van der Waals surface area contributed by atoms with Gasteiger partial charge in [0.15, 0.2) is 11.6 Å². The molecule has 0 spiro atoms. The summed E-state index contributed by atoms with van der Waals surface area (Å²) in [6.45, 7) is 2.10. The van der Waals surface area contributed by atoms with E-state index in [-0.39, 0.29) is 29.5 Å². The zero-order chi connectivity index (χ0) is 20.3. The van der Waals surface area contributed by atoms with E-state index in [1.54, 1.807) is 6.07 Å². The van der Waals surface area contributed by atoms with Crippen LogP contribution < -0.4 is 10.6 Å². The van der Waals surface area contributed by atoms with Gasteiger partial charge in [-0.2, -0.15) is 0 Å². The first-order chi connectivity index (χ1) is 13.4. The Morgan fingerprint density at radius 2 is 1.93 bits per heavy atom. The summed E-state index contributed by atoms with van der Waals surface area (Å²) < 4.78 is 43.0. The molecule has 0 saturated carbocycles. The van der Waals surface area contributed by atoms with Crippen LogP contribution in [-0.2, 0) is 0 Å². The van der Waals surface area contributed by atoms with E-state index in [0.717, 1.165) is 6.07 Å². The molecule has 1 fully saturated rings. The van der Waals surface area contributed by atoms with Crippen molar-refractivity contribution in [2.45, 2.75) is 0 Å². The van der Waals surface area contributed by atoms with Crippen LogP contribution >= 0.6 is 22.6 Å². The molecule has 28 heavy (non-hydrogen) atoms. The van der Waals surface area contributed by atoms with Crippen molar-refractivity contribution in [2.24, 2.45) is 5.92 Å². The summed E-state index contributed by atoms with van der Waals surface area (Å²) in [7, 11) is 0. The Bertz CT molecular complexity index is 876. The molecule has 0 aliphatic carbocycles. The van der Waals surface area contributed by atoms with Crippen molar-refractivity contribution < 1.29 is 23.1 Å². The maximum atomic E-state index is 14.4. The van der Waals surface area contributed by atoms with E-state index >= 15 is 0 Å². The first-order valence-corrected chi connectivity index (χ1v) is 9.79. The minimum absolute atomic E-state index is 0.0361. The Balaban J connectivity index is 1.78. The molecular weight excluding hydrogens is 486 g/mol. The van der Waals surface area contributed by atoms with E-state index in [1.165, 1.54) is 23.1 Å². The monoisotopic (exact) mass is 505 g/mol. The van der Waals surface area contributed by atoms with Gasteiger partial charge in [0, 0.05) is 35.7 Å². The van der Waals surface area contributed by atoms with Gasteiger partial charge >= 0.3 is 0 Å². The normalized spacial score (nSPS) is 14.1. The van der Waals surface area contributed by atoms with E-state index in [4.69, 9.17) is 5.11 Å². The highest BCUT2D eigenvalue weighted by Crippen LogP contribution is 2.30. The number of anilines is 2. The van der Waals surface area contributed by atoms with Crippen molar-refractivity contribution in [1.29, 1.82) is 0 Å². The number of aliphatic hydroxyl groups is 1. The first-order valence-electron chi connectivity index (χ1n) is 8.71. The molecule has 0 aromatic heterocycles. The van der Waals surface area contributed by atoms with Crippen LogP contribution in [-0.4, -0.2) is 48.7 Å². The number of likely N-dealkylation sites (tertiary alicyclic amines) is 1. The predicted molar refractivity (Wildman–Crippen MR) is 108 cm³/mol. The zero-order valence-corrected chi connectivity index (χ0v) is 17.0. The lowest BCUT2D eigenvalue weighted by molar-refractivity contribution is 0.0499. The van der Waals surface area contributed by atoms with Gasteiger partial charge in [-0.15, -0.1) is 0 Å². The molecule has 2 aromatic carbocycles. The molecule has 3 N–H and O–H groups in total. The van der Waals surface area contributed by atoms with Crippen LogP contribution in [0.5, 0.6) is 0 Å². The number of hydrogen-bond donors (Lipinski definition) is 3. The largest absolute Gasteiger partial charge is 0.395 e. The maximum Gasteiger partial charge on any atom is 0.256 e. The van der Waals surface area contributed by atoms with Crippen LogP contribution in [0.4, 0.5) is 24.5 Å². The van der Waals surface area contributed by atoms with Crippen molar-refractivity contribution in [3.8, 4) is 0 Å². The van der Waals surface area contributed by atoms with Crippen molar-refractivity contribution in [2.75, 3.05) is 38.1 Å². The molecule has 0 bridgehead atoms. The van der Waals surface area contributed by atoms with Crippen LogP contribution in [0.15, 0.2) is 30.3 Å². The number of aliphatic hydroxyl groups excluding tert-OH is 1. The average molecular weight is 505 g/mol. The standard InChI is InChI=1S/C19H19F3IN3O2/c20-14-3-2-13(19(28)26-9-11(10-26)8-24-5-6-27)18(17(14)22)25-16-4-1-12(23)7-15(16)21/h1-4,7,11,24-25,27H,5-6,8-10H2. The minimum Gasteiger partial charge on any atom is -0.395 e. The summed E-state index contributed by atoms with van der Waals surface area (Å²) in [5.74, 6) is -3.21. The molecule has 0 atom stereocenters. The quantitative estimate of drug-likeness (QED) is 0.400. The van der Waals surface area contributed by atoms with Crippen LogP contribution in [0.2, 0.25) is 0 Å². The number of amides is 1. The van der Waals surface area contributed by atoms with E-state index in [1.807, 2.05) is 22.6 Å². The number of nitrogens with one attached hydrogen (secondary N) is 2. The summed E-state index contributed by atoms with van der Waals surface area (Å²) in [4.78, 5) is 14.3. The van der Waals surface area contributed by atoms with Crippen LogP contribution in [0.25, 0.3) is 0 Å². The number of nitrogens with zero attached hydrogens (tertiary/aromatic N) is 1. The van der Waals surface area contributed by atoms with Crippen molar-refractivity contribution in [3.05, 3.63) is 56.9 Å². The number of benzene rings is 2. The minimum atomic E-state index is -1.23. The molecule has 1 aliphatic heterocycles. The van der Waals surface area contributed by atoms with E-state index in [0.29, 0.717) is 29.7 Å². The van der Waals surface area contributed by atoms with E-state index in [2.05, 4.69) is 10.6 Å². The molecule has 1 amide bonds. The molecule has 0 radical (unpaired) electrons. The van der Waals surface area contributed by atoms with Gasteiger partial charge < -0.3 is 20.6 Å². The summed E-state index contributed by atoms with van der Waals surface area (Å²) in [5.41, 5.74) is -0.487. The van der Waals surface area contributed by atoms with Crippen LogP contribution in [0.3, 0.4) is 0 Å². The van der Waals surface area contributed by atoms with Gasteiger partial charge in [-0.1, -0.05) is 0 Å². The first kappa shape index (κ1) is 20.9. The SMILES string of the molecule is O=C(c1ccc(F)c(F)c1Nc1ccc(I)cc1F)N1CC(CNCCO)C1. The lowest BCUT2D eigenvalue weighted by Gasteiger charge is -2.39. The highest BCUT2D eigenvalue weighted by Gasteiger charge is 2.33. The van der Waals surface area contributed by atoms with E-state index in [9.17, 15) is 18.0 Å².